The van der Waals surface area contributed by atoms with Crippen LogP contribution in [-0.4, -0.2) is 38.3 Å². The van der Waals surface area contributed by atoms with Crippen LogP contribution >= 0.6 is 11.6 Å². The molecule has 1 amide bonds. The van der Waals surface area contributed by atoms with Crippen molar-refractivity contribution in [2.24, 2.45) is 5.92 Å². The molecular formula is C23H29ClN2O4S. The first-order valence-corrected chi connectivity index (χ1v) is 12.3. The van der Waals surface area contributed by atoms with Crippen molar-refractivity contribution in [1.29, 1.82) is 0 Å². The van der Waals surface area contributed by atoms with Crippen LogP contribution < -0.4 is 10.1 Å². The number of carbonyl (C=O) groups is 1. The van der Waals surface area contributed by atoms with Crippen molar-refractivity contribution in [1.82, 2.24) is 9.62 Å². The Hall–Kier alpha value is -2.09. The van der Waals surface area contributed by atoms with E-state index in [1.54, 1.807) is 30.3 Å². The number of hydrogen-bond donors (Lipinski definition) is 1. The van der Waals surface area contributed by atoms with E-state index < -0.39 is 10.0 Å². The van der Waals surface area contributed by atoms with Gasteiger partial charge in [0.15, 0.2) is 0 Å². The molecule has 3 rings (SSSR count). The number of benzene rings is 2. The first-order chi connectivity index (χ1) is 14.7. The number of nitrogens with zero attached hydrogens (tertiary/aromatic N) is 1. The fourth-order valence-corrected chi connectivity index (χ4v) is 5.53. The van der Waals surface area contributed by atoms with Gasteiger partial charge >= 0.3 is 0 Å². The predicted octanol–water partition coefficient (Wildman–Crippen LogP) is 4.33. The highest BCUT2D eigenvalue weighted by molar-refractivity contribution is 7.89. The van der Waals surface area contributed by atoms with Crippen LogP contribution in [-0.2, 0) is 14.8 Å². The van der Waals surface area contributed by atoms with Gasteiger partial charge in [-0.25, -0.2) is 8.42 Å². The highest BCUT2D eigenvalue weighted by Crippen LogP contribution is 2.28. The van der Waals surface area contributed by atoms with E-state index in [2.05, 4.69) is 5.32 Å². The van der Waals surface area contributed by atoms with Crippen LogP contribution in [0.2, 0.25) is 5.02 Å². The molecule has 2 aromatic rings. The van der Waals surface area contributed by atoms with E-state index in [1.807, 2.05) is 32.9 Å². The summed E-state index contributed by atoms with van der Waals surface area (Å²) in [5.74, 6) is 0.154. The normalized spacial score (nSPS) is 18.4. The molecule has 0 bridgehead atoms. The first kappa shape index (κ1) is 23.6. The second-order valence-electron chi connectivity index (χ2n) is 7.84. The minimum atomic E-state index is -3.68. The van der Waals surface area contributed by atoms with Crippen LogP contribution in [0.4, 0.5) is 0 Å². The van der Waals surface area contributed by atoms with E-state index in [9.17, 15) is 13.2 Å². The molecule has 1 aliphatic heterocycles. The third-order valence-corrected chi connectivity index (χ3v) is 7.68. The number of amides is 1. The fourth-order valence-electron chi connectivity index (χ4n) is 3.79. The maximum atomic E-state index is 13.2. The van der Waals surface area contributed by atoms with Gasteiger partial charge in [0.2, 0.25) is 15.9 Å². The van der Waals surface area contributed by atoms with Crippen LogP contribution in [0.25, 0.3) is 0 Å². The number of ether oxygens (including phenoxy) is 1. The van der Waals surface area contributed by atoms with Crippen LogP contribution in [0.1, 0.15) is 43.9 Å². The zero-order valence-electron chi connectivity index (χ0n) is 18.1. The van der Waals surface area contributed by atoms with Crippen molar-refractivity contribution in [3.63, 3.8) is 0 Å². The Morgan fingerprint density at radius 2 is 1.97 bits per heavy atom. The number of carbonyl (C=O) groups excluding carboxylic acids is 1. The molecule has 2 aromatic carbocycles. The lowest BCUT2D eigenvalue weighted by molar-refractivity contribution is -0.126. The molecule has 1 heterocycles. The van der Waals surface area contributed by atoms with Crippen molar-refractivity contribution in [3.05, 3.63) is 58.6 Å². The van der Waals surface area contributed by atoms with E-state index in [1.165, 1.54) is 4.31 Å². The molecule has 0 aromatic heterocycles. The number of piperidine rings is 1. The summed E-state index contributed by atoms with van der Waals surface area (Å²) in [6.45, 7) is 6.72. The van der Waals surface area contributed by atoms with Gasteiger partial charge in [0.05, 0.1) is 23.5 Å². The molecule has 31 heavy (non-hydrogen) atoms. The lowest BCUT2D eigenvalue weighted by atomic mass is 9.98. The summed E-state index contributed by atoms with van der Waals surface area (Å²) in [7, 11) is -3.68. The molecule has 6 nitrogen and oxygen atoms in total. The topological polar surface area (TPSA) is 75.7 Å². The number of nitrogens with one attached hydrogen (secondary N) is 1. The molecule has 168 valence electrons. The van der Waals surface area contributed by atoms with Crippen molar-refractivity contribution >= 4 is 27.5 Å². The largest absolute Gasteiger partial charge is 0.494 e. The van der Waals surface area contributed by atoms with Gasteiger partial charge in [0.1, 0.15) is 5.75 Å². The summed E-state index contributed by atoms with van der Waals surface area (Å²) in [6.07, 6.45) is 1.30. The molecule has 0 unspecified atom stereocenters. The van der Waals surface area contributed by atoms with Crippen molar-refractivity contribution < 1.29 is 17.9 Å². The molecule has 1 N–H and O–H groups in total. The average Bonchev–Trinajstić information content (AvgIpc) is 2.75. The van der Waals surface area contributed by atoms with Crippen LogP contribution in [0, 0.1) is 12.8 Å². The molecule has 1 fully saturated rings. The third-order valence-electron chi connectivity index (χ3n) is 5.57. The Balaban J connectivity index is 1.69. The number of hydrogen-bond acceptors (Lipinski definition) is 4. The van der Waals surface area contributed by atoms with Crippen LogP contribution in [0.15, 0.2) is 47.4 Å². The molecular weight excluding hydrogens is 436 g/mol. The van der Waals surface area contributed by atoms with E-state index in [0.717, 1.165) is 11.1 Å². The lowest BCUT2D eigenvalue weighted by Gasteiger charge is -2.32. The van der Waals surface area contributed by atoms with Gasteiger partial charge in [-0.1, -0.05) is 23.7 Å². The molecule has 0 radical (unpaired) electrons. The van der Waals surface area contributed by atoms with E-state index in [0.29, 0.717) is 36.8 Å². The number of rotatable bonds is 7. The SMILES string of the molecule is CCOc1ccc(S(=O)(=O)N2CCC[C@@H](C(=O)N[C@H](C)c3ccc(Cl)cc3)C2)cc1C. The Morgan fingerprint density at radius 3 is 2.61 bits per heavy atom. The third kappa shape index (κ3) is 5.59. The maximum absolute atomic E-state index is 13.2. The number of sulfonamides is 1. The maximum Gasteiger partial charge on any atom is 0.243 e. The smallest absolute Gasteiger partial charge is 0.243 e. The predicted molar refractivity (Wildman–Crippen MR) is 122 cm³/mol. The average molecular weight is 465 g/mol. The molecule has 2 atom stereocenters. The minimum Gasteiger partial charge on any atom is -0.494 e. The van der Waals surface area contributed by atoms with Gasteiger partial charge in [0.25, 0.3) is 0 Å². The van der Waals surface area contributed by atoms with Gasteiger partial charge < -0.3 is 10.1 Å². The van der Waals surface area contributed by atoms with E-state index in [-0.39, 0.29) is 29.3 Å². The van der Waals surface area contributed by atoms with Crippen molar-refractivity contribution in [2.75, 3.05) is 19.7 Å². The zero-order chi connectivity index (χ0) is 22.6. The second kappa shape index (κ2) is 10.0. The number of halogens is 1. The minimum absolute atomic E-state index is 0.134. The summed E-state index contributed by atoms with van der Waals surface area (Å²) in [6, 6.07) is 12.0. The molecule has 0 spiro atoms. The van der Waals surface area contributed by atoms with E-state index >= 15 is 0 Å². The molecule has 0 aliphatic carbocycles. The standard InChI is InChI=1S/C23H29ClN2O4S/c1-4-30-22-12-11-21(14-16(22)2)31(28,29)26-13-5-6-19(15-26)23(27)25-17(3)18-7-9-20(24)10-8-18/h7-12,14,17,19H,4-6,13,15H2,1-3H3,(H,25,27)/t17-,19-/m1/s1. The quantitative estimate of drug-likeness (QED) is 0.661. The second-order valence-corrected chi connectivity index (χ2v) is 10.2. The fraction of sp³-hybridized carbons (Fsp3) is 0.435. The summed E-state index contributed by atoms with van der Waals surface area (Å²) in [5.41, 5.74) is 1.72. The zero-order valence-corrected chi connectivity index (χ0v) is 19.7. The molecule has 1 saturated heterocycles. The Kier molecular flexibility index (Phi) is 7.62. The van der Waals surface area contributed by atoms with Gasteiger partial charge in [-0.15, -0.1) is 0 Å². The molecule has 1 aliphatic rings. The lowest BCUT2D eigenvalue weighted by Crippen LogP contribution is -2.45. The first-order valence-electron chi connectivity index (χ1n) is 10.5. The monoisotopic (exact) mass is 464 g/mol. The van der Waals surface area contributed by atoms with Gasteiger partial charge in [-0.05, 0) is 75.1 Å². The van der Waals surface area contributed by atoms with Crippen LogP contribution in [0.3, 0.4) is 0 Å². The van der Waals surface area contributed by atoms with Gasteiger partial charge in [-0.2, -0.15) is 4.31 Å². The number of aryl methyl sites for hydroxylation is 1. The molecule has 0 saturated carbocycles. The summed E-state index contributed by atoms with van der Waals surface area (Å²) in [4.78, 5) is 13.1. The summed E-state index contributed by atoms with van der Waals surface area (Å²) in [5, 5.41) is 3.65. The Bertz CT molecular complexity index is 1020. The van der Waals surface area contributed by atoms with Gasteiger partial charge in [0, 0.05) is 18.1 Å². The highest BCUT2D eigenvalue weighted by Gasteiger charge is 2.34. The van der Waals surface area contributed by atoms with Crippen molar-refractivity contribution in [3.8, 4) is 5.75 Å². The summed E-state index contributed by atoms with van der Waals surface area (Å²) >= 11 is 5.93. The highest BCUT2D eigenvalue weighted by atomic mass is 35.5. The van der Waals surface area contributed by atoms with E-state index in [4.69, 9.17) is 16.3 Å². The van der Waals surface area contributed by atoms with Gasteiger partial charge in [-0.3, -0.25) is 4.79 Å². The summed E-state index contributed by atoms with van der Waals surface area (Å²) < 4.78 is 33.3. The Labute approximate surface area is 189 Å². The Morgan fingerprint density at radius 1 is 1.26 bits per heavy atom. The van der Waals surface area contributed by atoms with Crippen LogP contribution in [0.5, 0.6) is 5.75 Å². The van der Waals surface area contributed by atoms with Crippen molar-refractivity contribution in [2.45, 2.75) is 44.6 Å². The molecule has 8 heteroatoms.